The Balaban J connectivity index is 2.11. The predicted molar refractivity (Wildman–Crippen MR) is 122 cm³/mol. The average Bonchev–Trinajstić information content (AvgIpc) is 2.58. The fourth-order valence-corrected chi connectivity index (χ4v) is 4.76. The van der Waals surface area contributed by atoms with Crippen LogP contribution in [-0.2, 0) is 0 Å². The molecular weight excluding hydrogens is 387 g/mol. The van der Waals surface area contributed by atoms with Crippen LogP contribution in [0.25, 0.3) is 5.70 Å². The van der Waals surface area contributed by atoms with Crippen LogP contribution in [0, 0.1) is 22.0 Å². The molecule has 0 atom stereocenters. The quantitative estimate of drug-likeness (QED) is 0.375. The van der Waals surface area contributed by atoms with E-state index in [-0.39, 0.29) is 38.6 Å². The van der Waals surface area contributed by atoms with E-state index in [1.54, 1.807) is 6.07 Å². The Hall–Kier alpha value is -2.19. The number of hydrogen-bond donors (Lipinski definition) is 5. The van der Waals surface area contributed by atoms with E-state index in [2.05, 4.69) is 33.0 Å². The second-order valence-electron chi connectivity index (χ2n) is 8.79. The normalized spacial score (nSPS) is 18.9. The van der Waals surface area contributed by atoms with Crippen LogP contribution in [0.3, 0.4) is 0 Å². The molecular formula is C21H31FN6S. The third-order valence-corrected chi connectivity index (χ3v) is 5.95. The summed E-state index contributed by atoms with van der Waals surface area (Å²) in [7, 11) is 1.87. The molecule has 0 bridgehead atoms. The van der Waals surface area contributed by atoms with Crippen molar-refractivity contribution in [1.29, 1.82) is 16.2 Å². The zero-order valence-corrected chi connectivity index (χ0v) is 18.5. The van der Waals surface area contributed by atoms with E-state index in [1.807, 2.05) is 11.9 Å². The highest BCUT2D eigenvalue weighted by Crippen LogP contribution is 2.32. The molecule has 0 amide bonds. The van der Waals surface area contributed by atoms with E-state index in [0.29, 0.717) is 5.56 Å². The van der Waals surface area contributed by atoms with Crippen molar-refractivity contribution in [2.24, 2.45) is 5.73 Å². The third-order valence-electron chi connectivity index (χ3n) is 5.05. The van der Waals surface area contributed by atoms with Gasteiger partial charge in [-0.05, 0) is 70.5 Å². The van der Waals surface area contributed by atoms with Crippen LogP contribution in [0.1, 0.15) is 51.7 Å². The molecule has 1 aromatic rings. The van der Waals surface area contributed by atoms with Gasteiger partial charge in [-0.15, -0.1) is 0 Å². The summed E-state index contributed by atoms with van der Waals surface area (Å²) in [6, 6.07) is 4.53. The van der Waals surface area contributed by atoms with E-state index in [4.69, 9.17) is 22.0 Å². The maximum absolute atomic E-state index is 14.5. The van der Waals surface area contributed by atoms with Gasteiger partial charge in [0.25, 0.3) is 0 Å². The number of thioether (sulfide) groups is 1. The molecule has 6 N–H and O–H groups in total. The minimum atomic E-state index is -0.569. The number of halogens is 1. The second-order valence-corrected chi connectivity index (χ2v) is 9.78. The smallest absolute Gasteiger partial charge is 0.162 e. The van der Waals surface area contributed by atoms with Gasteiger partial charge in [0, 0.05) is 47.2 Å². The summed E-state index contributed by atoms with van der Waals surface area (Å²) in [5, 5.41) is 27.6. The first-order valence-electron chi connectivity index (χ1n) is 9.49. The molecule has 0 aliphatic carbocycles. The van der Waals surface area contributed by atoms with Crippen molar-refractivity contribution >= 4 is 33.9 Å². The molecule has 1 heterocycles. The van der Waals surface area contributed by atoms with E-state index >= 15 is 0 Å². The lowest BCUT2D eigenvalue weighted by Crippen LogP contribution is -2.62. The van der Waals surface area contributed by atoms with Crippen molar-refractivity contribution in [2.45, 2.75) is 57.7 Å². The van der Waals surface area contributed by atoms with Crippen LogP contribution < -0.4 is 11.1 Å². The fourth-order valence-electron chi connectivity index (χ4n) is 4.00. The Morgan fingerprint density at radius 3 is 2.34 bits per heavy atom. The summed E-state index contributed by atoms with van der Waals surface area (Å²) >= 11 is 0.944. The zero-order valence-electron chi connectivity index (χ0n) is 17.7. The fraction of sp³-hybridized carbons (Fsp3) is 0.476. The number of nitrogens with zero attached hydrogens (tertiary/aromatic N) is 1. The molecule has 1 saturated heterocycles. The topological polar surface area (TPSA) is 113 Å². The van der Waals surface area contributed by atoms with E-state index in [9.17, 15) is 4.39 Å². The highest BCUT2D eigenvalue weighted by molar-refractivity contribution is 8.26. The summed E-state index contributed by atoms with van der Waals surface area (Å²) in [4.78, 5) is 1.89. The van der Waals surface area contributed by atoms with Gasteiger partial charge in [0.15, 0.2) is 5.17 Å². The number of nitrogens with one attached hydrogen (secondary N) is 4. The van der Waals surface area contributed by atoms with Crippen LogP contribution in [0.15, 0.2) is 24.3 Å². The number of rotatable bonds is 4. The summed E-state index contributed by atoms with van der Waals surface area (Å²) in [5.41, 5.74) is 6.56. The van der Waals surface area contributed by atoms with Gasteiger partial charge in [-0.3, -0.25) is 10.8 Å². The van der Waals surface area contributed by atoms with Crippen LogP contribution in [0.2, 0.25) is 0 Å². The maximum Gasteiger partial charge on any atom is 0.162 e. The molecule has 0 saturated carbocycles. The molecule has 0 unspecified atom stereocenters. The molecule has 0 spiro atoms. The second kappa shape index (κ2) is 8.67. The molecule has 0 radical (unpaired) electrons. The SMILES string of the molecule is CN(C(=N)SC(=N)c1ccc(/C(N)=C/C=N)cc1F)C1CC(C)(C)NC(C)(C)C1. The monoisotopic (exact) mass is 418 g/mol. The Bertz CT molecular complexity index is 830. The molecule has 158 valence electrons. The first-order valence-corrected chi connectivity index (χ1v) is 10.3. The van der Waals surface area contributed by atoms with Gasteiger partial charge in [-0.25, -0.2) is 4.39 Å². The Morgan fingerprint density at radius 2 is 1.83 bits per heavy atom. The molecule has 1 aliphatic rings. The van der Waals surface area contributed by atoms with Crippen molar-refractivity contribution in [3.05, 3.63) is 41.2 Å². The molecule has 1 fully saturated rings. The standard InChI is InChI=1S/C21H31FN6S/c1-20(2)11-14(12-21(3,4)27-20)28(5)19(26)29-18(25)15-7-6-13(10-16(15)22)17(24)8-9-23/h6-10,14,23,25-27H,11-12,24H2,1-5H3/b17-8-,23-9?,25-18?,26-19?. The van der Waals surface area contributed by atoms with Crippen LogP contribution in [0.5, 0.6) is 0 Å². The molecule has 6 nitrogen and oxygen atoms in total. The highest BCUT2D eigenvalue weighted by atomic mass is 32.2. The summed E-state index contributed by atoms with van der Waals surface area (Å²) < 4.78 is 14.5. The van der Waals surface area contributed by atoms with Crippen LogP contribution >= 0.6 is 11.8 Å². The molecule has 8 heteroatoms. The van der Waals surface area contributed by atoms with Crippen molar-refractivity contribution in [3.63, 3.8) is 0 Å². The molecule has 2 rings (SSSR count). The van der Waals surface area contributed by atoms with Gasteiger partial charge in [-0.1, -0.05) is 6.07 Å². The Kier molecular flexibility index (Phi) is 6.90. The largest absolute Gasteiger partial charge is 0.398 e. The minimum Gasteiger partial charge on any atom is -0.398 e. The van der Waals surface area contributed by atoms with Gasteiger partial charge in [0.05, 0.1) is 0 Å². The van der Waals surface area contributed by atoms with E-state index in [0.717, 1.165) is 30.8 Å². The summed E-state index contributed by atoms with van der Waals surface area (Å²) in [5.74, 6) is -0.569. The number of benzene rings is 1. The third kappa shape index (κ3) is 5.90. The minimum absolute atomic E-state index is 0.0204. The number of nitrogens with two attached hydrogens (primary N) is 1. The summed E-state index contributed by atoms with van der Waals surface area (Å²) in [6.07, 6.45) is 4.18. The van der Waals surface area contributed by atoms with Crippen molar-refractivity contribution in [1.82, 2.24) is 10.2 Å². The van der Waals surface area contributed by atoms with Gasteiger partial charge in [-0.2, -0.15) is 0 Å². The Morgan fingerprint density at radius 1 is 1.24 bits per heavy atom. The molecule has 1 aliphatic heterocycles. The summed E-state index contributed by atoms with van der Waals surface area (Å²) in [6.45, 7) is 8.62. The number of allylic oxidation sites excluding steroid dienone is 1. The predicted octanol–water partition coefficient (Wildman–Crippen LogP) is 4.01. The van der Waals surface area contributed by atoms with E-state index < -0.39 is 5.82 Å². The van der Waals surface area contributed by atoms with Crippen molar-refractivity contribution in [3.8, 4) is 0 Å². The maximum atomic E-state index is 14.5. The average molecular weight is 419 g/mol. The highest BCUT2D eigenvalue weighted by Gasteiger charge is 2.39. The molecule has 29 heavy (non-hydrogen) atoms. The van der Waals surface area contributed by atoms with Crippen LogP contribution in [-0.4, -0.2) is 45.5 Å². The number of hydrogen-bond acceptors (Lipinski definition) is 6. The first-order chi connectivity index (χ1) is 13.3. The lowest BCUT2D eigenvalue weighted by atomic mass is 9.79. The number of piperidine rings is 1. The van der Waals surface area contributed by atoms with E-state index in [1.165, 1.54) is 18.2 Å². The first kappa shape index (κ1) is 23.1. The molecule has 1 aromatic carbocycles. The van der Waals surface area contributed by atoms with Crippen molar-refractivity contribution in [2.75, 3.05) is 7.05 Å². The van der Waals surface area contributed by atoms with Crippen molar-refractivity contribution < 1.29 is 4.39 Å². The Labute approximate surface area is 176 Å². The van der Waals surface area contributed by atoms with Gasteiger partial charge >= 0.3 is 0 Å². The lowest BCUT2D eigenvalue weighted by Gasteiger charge is -2.49. The van der Waals surface area contributed by atoms with Gasteiger partial charge in [0.1, 0.15) is 10.9 Å². The lowest BCUT2D eigenvalue weighted by molar-refractivity contribution is 0.114. The van der Waals surface area contributed by atoms with Gasteiger partial charge in [0.2, 0.25) is 0 Å². The zero-order chi connectivity index (χ0) is 22.0. The number of amidine groups is 1. The molecule has 0 aromatic heterocycles. The van der Waals surface area contributed by atoms with Gasteiger partial charge < -0.3 is 21.4 Å². The van der Waals surface area contributed by atoms with Crippen LogP contribution in [0.4, 0.5) is 4.39 Å².